The van der Waals surface area contributed by atoms with Crippen molar-refractivity contribution in [2.45, 2.75) is 25.4 Å². The van der Waals surface area contributed by atoms with Gasteiger partial charge in [-0.25, -0.2) is 4.98 Å². The molecule has 0 unspecified atom stereocenters. The Kier molecular flexibility index (Phi) is 4.29. The fourth-order valence-electron chi connectivity index (χ4n) is 2.49. The predicted molar refractivity (Wildman–Crippen MR) is 70.9 cm³/mol. The molecule has 0 spiro atoms. The summed E-state index contributed by atoms with van der Waals surface area (Å²) in [4.78, 5) is 8.77. The largest absolute Gasteiger partial charge is 0.306 e. The maximum absolute atomic E-state index is 8.83. The van der Waals surface area contributed by atoms with Crippen LogP contribution in [0.2, 0.25) is 0 Å². The second-order valence-corrected chi connectivity index (χ2v) is 5.13. The first-order valence-corrected chi connectivity index (χ1v) is 6.43. The van der Waals surface area contributed by atoms with E-state index >= 15 is 0 Å². The van der Waals surface area contributed by atoms with Gasteiger partial charge in [0, 0.05) is 18.8 Å². The lowest BCUT2D eigenvalue weighted by Crippen LogP contribution is -2.41. The van der Waals surface area contributed by atoms with Gasteiger partial charge in [0.2, 0.25) is 0 Å². The number of aromatic nitrogens is 1. The van der Waals surface area contributed by atoms with Crippen LogP contribution in [0.1, 0.15) is 24.1 Å². The van der Waals surface area contributed by atoms with E-state index in [9.17, 15) is 0 Å². The molecule has 96 valence electrons. The summed E-state index contributed by atoms with van der Waals surface area (Å²) >= 11 is 0. The van der Waals surface area contributed by atoms with Crippen molar-refractivity contribution in [1.82, 2.24) is 14.8 Å². The van der Waals surface area contributed by atoms with Crippen molar-refractivity contribution in [3.05, 3.63) is 29.6 Å². The normalized spacial score (nSPS) is 17.9. The van der Waals surface area contributed by atoms with Crippen LogP contribution in [0.3, 0.4) is 0 Å². The van der Waals surface area contributed by atoms with Crippen LogP contribution in [-0.4, -0.2) is 48.0 Å². The summed E-state index contributed by atoms with van der Waals surface area (Å²) in [6.45, 7) is 3.19. The average Bonchev–Trinajstić information content (AvgIpc) is 2.39. The zero-order valence-corrected chi connectivity index (χ0v) is 11.1. The molecule has 4 nitrogen and oxygen atoms in total. The highest BCUT2D eigenvalue weighted by molar-refractivity contribution is 5.25. The van der Waals surface area contributed by atoms with Gasteiger partial charge in [-0.15, -0.1) is 0 Å². The van der Waals surface area contributed by atoms with Crippen LogP contribution >= 0.6 is 0 Å². The quantitative estimate of drug-likeness (QED) is 0.808. The van der Waals surface area contributed by atoms with Crippen molar-refractivity contribution in [1.29, 1.82) is 5.26 Å². The van der Waals surface area contributed by atoms with Crippen LogP contribution in [-0.2, 0) is 6.54 Å². The second-order valence-electron chi connectivity index (χ2n) is 5.13. The van der Waals surface area contributed by atoms with Gasteiger partial charge in [-0.3, -0.25) is 4.90 Å². The first-order chi connectivity index (χ1) is 8.69. The Morgan fingerprint density at radius 3 is 2.78 bits per heavy atom. The van der Waals surface area contributed by atoms with Crippen LogP contribution in [0.15, 0.2) is 18.3 Å². The summed E-state index contributed by atoms with van der Waals surface area (Å²) < 4.78 is 0. The SMILES string of the molecule is CN(C)C1CCN(Cc2ccnc(C#N)c2)CC1. The molecule has 0 aromatic carbocycles. The Hall–Kier alpha value is -1.44. The number of piperidine rings is 1. The lowest BCUT2D eigenvalue weighted by Gasteiger charge is -2.35. The van der Waals surface area contributed by atoms with Gasteiger partial charge in [-0.1, -0.05) is 0 Å². The number of hydrogen-bond donors (Lipinski definition) is 0. The molecular weight excluding hydrogens is 224 g/mol. The fourth-order valence-corrected chi connectivity index (χ4v) is 2.49. The van der Waals surface area contributed by atoms with E-state index in [0.717, 1.165) is 19.6 Å². The predicted octanol–water partition coefficient (Wildman–Crippen LogP) is 1.48. The summed E-state index contributed by atoms with van der Waals surface area (Å²) in [5.41, 5.74) is 1.69. The van der Waals surface area contributed by atoms with Gasteiger partial charge in [-0.05, 0) is 57.7 Å². The smallest absolute Gasteiger partial charge is 0.140 e. The van der Waals surface area contributed by atoms with Crippen LogP contribution in [0.25, 0.3) is 0 Å². The van der Waals surface area contributed by atoms with Gasteiger partial charge in [-0.2, -0.15) is 5.26 Å². The molecular formula is C14H20N4. The Labute approximate surface area is 109 Å². The van der Waals surface area contributed by atoms with E-state index in [1.54, 1.807) is 6.20 Å². The summed E-state index contributed by atoms with van der Waals surface area (Å²) in [6, 6.07) is 6.69. The molecule has 1 fully saturated rings. The lowest BCUT2D eigenvalue weighted by atomic mass is 10.0. The maximum Gasteiger partial charge on any atom is 0.140 e. The number of hydrogen-bond acceptors (Lipinski definition) is 4. The zero-order valence-electron chi connectivity index (χ0n) is 11.1. The molecule has 4 heteroatoms. The molecule has 0 atom stereocenters. The van der Waals surface area contributed by atoms with E-state index in [0.29, 0.717) is 11.7 Å². The minimum absolute atomic E-state index is 0.510. The van der Waals surface area contributed by atoms with Gasteiger partial charge in [0.25, 0.3) is 0 Å². The molecule has 0 amide bonds. The number of nitrogens with zero attached hydrogens (tertiary/aromatic N) is 4. The molecule has 1 aromatic rings. The number of pyridine rings is 1. The minimum Gasteiger partial charge on any atom is -0.306 e. The molecule has 2 rings (SSSR count). The highest BCUT2D eigenvalue weighted by Gasteiger charge is 2.20. The van der Waals surface area contributed by atoms with Crippen molar-refractivity contribution in [2.75, 3.05) is 27.2 Å². The molecule has 0 N–H and O–H groups in total. The van der Waals surface area contributed by atoms with E-state index in [2.05, 4.69) is 34.9 Å². The lowest BCUT2D eigenvalue weighted by molar-refractivity contribution is 0.140. The molecule has 18 heavy (non-hydrogen) atoms. The first-order valence-electron chi connectivity index (χ1n) is 6.43. The molecule has 0 bridgehead atoms. The first kappa shape index (κ1) is 13.0. The van der Waals surface area contributed by atoms with Crippen molar-refractivity contribution in [3.8, 4) is 6.07 Å². The second kappa shape index (κ2) is 5.94. The average molecular weight is 244 g/mol. The molecule has 0 saturated carbocycles. The number of nitriles is 1. The van der Waals surface area contributed by atoms with Gasteiger partial charge >= 0.3 is 0 Å². The number of rotatable bonds is 3. The molecule has 1 saturated heterocycles. The molecule has 1 aliphatic heterocycles. The topological polar surface area (TPSA) is 43.2 Å². The molecule has 1 aliphatic rings. The van der Waals surface area contributed by atoms with E-state index < -0.39 is 0 Å². The minimum atomic E-state index is 0.510. The fraction of sp³-hybridized carbons (Fsp3) is 0.571. The van der Waals surface area contributed by atoms with Crippen molar-refractivity contribution >= 4 is 0 Å². The summed E-state index contributed by atoms with van der Waals surface area (Å²) in [6.07, 6.45) is 4.17. The zero-order chi connectivity index (χ0) is 13.0. The molecule has 0 radical (unpaired) electrons. The van der Waals surface area contributed by atoms with Gasteiger partial charge in [0.05, 0.1) is 0 Å². The standard InChI is InChI=1S/C14H20N4/c1-17(2)14-4-7-18(8-5-14)11-12-3-6-16-13(9-12)10-15/h3,6,9,14H,4-5,7-8,11H2,1-2H3. The Balaban J connectivity index is 1.90. The van der Waals surface area contributed by atoms with Gasteiger partial charge < -0.3 is 4.90 Å². The third-order valence-corrected chi connectivity index (χ3v) is 3.63. The molecule has 1 aromatic heterocycles. The summed E-state index contributed by atoms with van der Waals surface area (Å²) in [5.74, 6) is 0. The third kappa shape index (κ3) is 3.28. The molecule has 2 heterocycles. The number of likely N-dealkylation sites (tertiary alicyclic amines) is 1. The third-order valence-electron chi connectivity index (χ3n) is 3.63. The Bertz CT molecular complexity index is 428. The highest BCUT2D eigenvalue weighted by Crippen LogP contribution is 2.16. The van der Waals surface area contributed by atoms with Crippen molar-refractivity contribution in [2.24, 2.45) is 0 Å². The van der Waals surface area contributed by atoms with Crippen LogP contribution in [0.5, 0.6) is 0 Å². The van der Waals surface area contributed by atoms with Crippen LogP contribution < -0.4 is 0 Å². The van der Waals surface area contributed by atoms with E-state index in [1.807, 2.05) is 12.1 Å². The summed E-state index contributed by atoms with van der Waals surface area (Å²) in [5, 5.41) is 8.83. The van der Waals surface area contributed by atoms with E-state index in [4.69, 9.17) is 5.26 Å². The van der Waals surface area contributed by atoms with Crippen LogP contribution in [0.4, 0.5) is 0 Å². The van der Waals surface area contributed by atoms with Crippen LogP contribution in [0, 0.1) is 11.3 Å². The monoisotopic (exact) mass is 244 g/mol. The van der Waals surface area contributed by atoms with E-state index in [1.165, 1.54) is 18.4 Å². The summed E-state index contributed by atoms with van der Waals surface area (Å²) in [7, 11) is 4.31. The van der Waals surface area contributed by atoms with Gasteiger partial charge in [0.15, 0.2) is 0 Å². The van der Waals surface area contributed by atoms with Gasteiger partial charge in [0.1, 0.15) is 11.8 Å². The Morgan fingerprint density at radius 1 is 1.44 bits per heavy atom. The highest BCUT2D eigenvalue weighted by atomic mass is 15.2. The van der Waals surface area contributed by atoms with E-state index in [-0.39, 0.29) is 0 Å². The molecule has 0 aliphatic carbocycles. The van der Waals surface area contributed by atoms with Crippen molar-refractivity contribution < 1.29 is 0 Å². The Morgan fingerprint density at radius 2 is 2.17 bits per heavy atom. The maximum atomic E-state index is 8.83. The van der Waals surface area contributed by atoms with Crippen molar-refractivity contribution in [3.63, 3.8) is 0 Å².